The van der Waals surface area contributed by atoms with Gasteiger partial charge in [0.05, 0.1) is 4.90 Å². The Morgan fingerprint density at radius 3 is 2.26 bits per heavy atom. The summed E-state index contributed by atoms with van der Waals surface area (Å²) in [4.78, 5) is -0.139. The third kappa shape index (κ3) is 3.88. The molecule has 0 radical (unpaired) electrons. The fourth-order valence-corrected chi connectivity index (χ4v) is 2.68. The summed E-state index contributed by atoms with van der Waals surface area (Å²) in [6.07, 6.45) is 1.58. The van der Waals surface area contributed by atoms with Crippen LogP contribution < -0.4 is 51.4 Å². The third-order valence-corrected chi connectivity index (χ3v) is 3.97. The van der Waals surface area contributed by atoms with E-state index in [0.29, 0.717) is 6.42 Å². The number of rotatable bonds is 3. The molecular formula is C14H15KO3S. The van der Waals surface area contributed by atoms with Crippen molar-refractivity contribution in [1.82, 2.24) is 0 Å². The Morgan fingerprint density at radius 1 is 1.05 bits per heavy atom. The van der Waals surface area contributed by atoms with Crippen LogP contribution in [0.1, 0.15) is 25.0 Å². The summed E-state index contributed by atoms with van der Waals surface area (Å²) in [6, 6.07) is 8.93. The molecule has 3 nitrogen and oxygen atoms in total. The van der Waals surface area contributed by atoms with Crippen LogP contribution in [0.2, 0.25) is 0 Å². The van der Waals surface area contributed by atoms with E-state index < -0.39 is 10.1 Å². The molecule has 0 spiro atoms. The Kier molecular flexibility index (Phi) is 6.19. The third-order valence-electron chi connectivity index (χ3n) is 3.15. The summed E-state index contributed by atoms with van der Waals surface area (Å²) < 4.78 is 33.4. The minimum absolute atomic E-state index is 0. The van der Waals surface area contributed by atoms with Gasteiger partial charge < -0.3 is 4.55 Å². The van der Waals surface area contributed by atoms with Crippen molar-refractivity contribution < 1.29 is 64.4 Å². The monoisotopic (exact) mass is 302 g/mol. The molecule has 0 aliphatic heterocycles. The van der Waals surface area contributed by atoms with E-state index >= 15 is 0 Å². The van der Waals surface area contributed by atoms with Gasteiger partial charge in [0.1, 0.15) is 10.1 Å². The molecule has 96 valence electrons. The average molecular weight is 302 g/mol. The Balaban J connectivity index is 0.00000180. The van der Waals surface area contributed by atoms with Gasteiger partial charge in [-0.3, -0.25) is 0 Å². The average Bonchev–Trinajstić information content (AvgIpc) is 2.35. The quantitative estimate of drug-likeness (QED) is 0.586. The fraction of sp³-hybridized carbons (Fsp3) is 0.286. The molecule has 0 N–H and O–H groups in total. The molecule has 0 aromatic heterocycles. The Labute approximate surface area is 156 Å². The minimum atomic E-state index is -4.40. The Hall–Kier alpha value is 0.246. The van der Waals surface area contributed by atoms with Crippen LogP contribution in [-0.2, 0) is 23.0 Å². The van der Waals surface area contributed by atoms with Crippen molar-refractivity contribution in [2.45, 2.75) is 31.6 Å². The Morgan fingerprint density at radius 2 is 1.74 bits per heavy atom. The molecule has 0 aliphatic carbocycles. The van der Waals surface area contributed by atoms with Gasteiger partial charge >= 0.3 is 51.4 Å². The number of fused-ring (bicyclic) bond motifs is 1. The first kappa shape index (κ1) is 17.3. The Bertz CT molecular complexity index is 693. The van der Waals surface area contributed by atoms with E-state index in [2.05, 4.69) is 0 Å². The molecule has 0 saturated carbocycles. The van der Waals surface area contributed by atoms with Crippen LogP contribution in [0, 0.1) is 0 Å². The maximum Gasteiger partial charge on any atom is 1.00 e. The predicted octanol–water partition coefficient (Wildman–Crippen LogP) is -0.127. The molecular weight excluding hydrogens is 287 g/mol. The van der Waals surface area contributed by atoms with Crippen LogP contribution in [0.15, 0.2) is 35.2 Å². The smallest absolute Gasteiger partial charge is 0.744 e. The van der Waals surface area contributed by atoms with E-state index in [1.54, 1.807) is 0 Å². The molecule has 19 heavy (non-hydrogen) atoms. The van der Waals surface area contributed by atoms with E-state index in [0.717, 1.165) is 28.3 Å². The second kappa shape index (κ2) is 6.80. The first-order chi connectivity index (χ1) is 8.45. The van der Waals surface area contributed by atoms with Gasteiger partial charge in [0.25, 0.3) is 0 Å². The molecule has 2 rings (SSSR count). The van der Waals surface area contributed by atoms with Gasteiger partial charge in [-0.15, -0.1) is 0 Å². The molecule has 0 fully saturated rings. The van der Waals surface area contributed by atoms with Gasteiger partial charge in [0, 0.05) is 0 Å². The van der Waals surface area contributed by atoms with E-state index in [4.69, 9.17) is 0 Å². The van der Waals surface area contributed by atoms with Crippen LogP contribution in [0.3, 0.4) is 0 Å². The summed E-state index contributed by atoms with van der Waals surface area (Å²) >= 11 is 0. The normalized spacial score (nSPS) is 11.3. The van der Waals surface area contributed by atoms with Gasteiger partial charge in [-0.2, -0.15) is 0 Å². The zero-order valence-corrected chi connectivity index (χ0v) is 15.4. The van der Waals surface area contributed by atoms with Crippen molar-refractivity contribution in [3.8, 4) is 0 Å². The minimum Gasteiger partial charge on any atom is -0.744 e. The second-order valence-electron chi connectivity index (χ2n) is 4.30. The molecule has 0 atom stereocenters. The molecule has 0 bridgehead atoms. The van der Waals surface area contributed by atoms with Crippen LogP contribution in [0.25, 0.3) is 10.8 Å². The van der Waals surface area contributed by atoms with Crippen molar-refractivity contribution in [3.63, 3.8) is 0 Å². The van der Waals surface area contributed by atoms with Crippen molar-refractivity contribution in [2.75, 3.05) is 0 Å². The number of hydrogen-bond acceptors (Lipinski definition) is 3. The number of benzene rings is 2. The molecule has 5 heteroatoms. The maximum atomic E-state index is 11.1. The van der Waals surface area contributed by atoms with Gasteiger partial charge in [-0.25, -0.2) is 8.42 Å². The zero-order valence-electron chi connectivity index (χ0n) is 11.4. The topological polar surface area (TPSA) is 57.2 Å². The van der Waals surface area contributed by atoms with E-state index in [1.165, 1.54) is 12.1 Å². The zero-order chi connectivity index (χ0) is 13.3. The van der Waals surface area contributed by atoms with Crippen LogP contribution in [-0.4, -0.2) is 13.0 Å². The molecule has 0 unspecified atom stereocenters. The molecule has 2 aromatic carbocycles. The van der Waals surface area contributed by atoms with Crippen molar-refractivity contribution in [3.05, 3.63) is 41.5 Å². The van der Waals surface area contributed by atoms with Crippen LogP contribution in [0.4, 0.5) is 0 Å². The second-order valence-corrected chi connectivity index (χ2v) is 5.68. The van der Waals surface area contributed by atoms with Gasteiger partial charge in [0.15, 0.2) is 0 Å². The number of hydrogen-bond donors (Lipinski definition) is 0. The number of aryl methyl sites for hydroxylation is 2. The standard InChI is InChI=1S/C14H16O3S.K/c1-3-10-5-6-14-11(4-2)8-13(18(15,16)17)9-12(14)7-10;/h5-9H,3-4H2,1-2H3,(H,15,16,17);/q;+1/p-1. The molecule has 0 heterocycles. The van der Waals surface area contributed by atoms with Gasteiger partial charge in [0.2, 0.25) is 0 Å². The fourth-order valence-electron chi connectivity index (χ4n) is 2.13. The van der Waals surface area contributed by atoms with E-state index in [-0.39, 0.29) is 56.3 Å². The van der Waals surface area contributed by atoms with Crippen molar-refractivity contribution in [1.29, 1.82) is 0 Å². The van der Waals surface area contributed by atoms with E-state index in [1.807, 2.05) is 32.0 Å². The largest absolute Gasteiger partial charge is 1.00 e. The first-order valence-electron chi connectivity index (χ1n) is 5.97. The summed E-state index contributed by atoms with van der Waals surface area (Å²) in [5.41, 5.74) is 2.02. The maximum absolute atomic E-state index is 11.1. The summed E-state index contributed by atoms with van der Waals surface area (Å²) in [7, 11) is -4.40. The van der Waals surface area contributed by atoms with Gasteiger partial charge in [-0.1, -0.05) is 32.0 Å². The van der Waals surface area contributed by atoms with Crippen molar-refractivity contribution >= 4 is 20.9 Å². The molecule has 2 aromatic rings. The summed E-state index contributed by atoms with van der Waals surface area (Å²) in [5, 5.41) is 1.84. The molecule has 0 aliphatic rings. The van der Waals surface area contributed by atoms with Crippen molar-refractivity contribution in [2.24, 2.45) is 0 Å². The van der Waals surface area contributed by atoms with Crippen LogP contribution in [0.5, 0.6) is 0 Å². The molecule has 0 amide bonds. The predicted molar refractivity (Wildman–Crippen MR) is 70.7 cm³/mol. The SMILES string of the molecule is CCc1ccc2c(CC)cc(S(=O)(=O)[O-])cc2c1.[K+]. The summed E-state index contributed by atoms with van der Waals surface area (Å²) in [5.74, 6) is 0. The van der Waals surface area contributed by atoms with Crippen LogP contribution >= 0.6 is 0 Å². The summed E-state index contributed by atoms with van der Waals surface area (Å²) in [6.45, 7) is 3.99. The van der Waals surface area contributed by atoms with E-state index in [9.17, 15) is 13.0 Å². The molecule has 0 saturated heterocycles. The first-order valence-corrected chi connectivity index (χ1v) is 7.38. The van der Waals surface area contributed by atoms with Gasteiger partial charge in [-0.05, 0) is 46.9 Å².